The molecule has 0 heterocycles. The van der Waals surface area contributed by atoms with Gasteiger partial charge in [0.2, 0.25) is 0 Å². The van der Waals surface area contributed by atoms with Gasteiger partial charge in [0, 0.05) is 12.8 Å². The number of hydrogen-bond acceptors (Lipinski definition) is 1. The number of unbranched alkanes of at least 4 members (excludes halogenated alkanes) is 2. The zero-order chi connectivity index (χ0) is 11.6. The SMILES string of the molecule is CCCCCC1CCCCCCCC(=O)C1. The van der Waals surface area contributed by atoms with Gasteiger partial charge in [0.05, 0.1) is 0 Å². The van der Waals surface area contributed by atoms with E-state index in [4.69, 9.17) is 0 Å². The van der Waals surface area contributed by atoms with Crippen LogP contribution in [0, 0.1) is 5.92 Å². The number of carbonyl (C=O) groups is 1. The third-order valence-corrected chi connectivity index (χ3v) is 3.80. The quantitative estimate of drug-likeness (QED) is 0.622. The lowest BCUT2D eigenvalue weighted by Crippen LogP contribution is -2.10. The van der Waals surface area contributed by atoms with Crippen molar-refractivity contribution >= 4 is 5.78 Å². The van der Waals surface area contributed by atoms with Gasteiger partial charge in [-0.1, -0.05) is 64.7 Å². The lowest BCUT2D eigenvalue weighted by atomic mass is 9.88. The largest absolute Gasteiger partial charge is 0.300 e. The van der Waals surface area contributed by atoms with E-state index in [-0.39, 0.29) is 0 Å². The predicted octanol–water partition coefficient (Wildman–Crippen LogP) is 4.89. The molecule has 1 atom stereocenters. The molecule has 1 heteroatoms. The Balaban J connectivity index is 2.28. The summed E-state index contributed by atoms with van der Waals surface area (Å²) in [5.41, 5.74) is 0. The molecule has 0 N–H and O–H groups in total. The highest BCUT2D eigenvalue weighted by Crippen LogP contribution is 2.24. The Hall–Kier alpha value is -0.330. The van der Waals surface area contributed by atoms with Crippen LogP contribution in [0.3, 0.4) is 0 Å². The summed E-state index contributed by atoms with van der Waals surface area (Å²) in [6, 6.07) is 0. The molecule has 16 heavy (non-hydrogen) atoms. The predicted molar refractivity (Wildman–Crippen MR) is 69.6 cm³/mol. The molecule has 0 aliphatic heterocycles. The number of hydrogen-bond donors (Lipinski definition) is 0. The van der Waals surface area contributed by atoms with Crippen molar-refractivity contribution in [3.05, 3.63) is 0 Å². The van der Waals surface area contributed by atoms with Crippen molar-refractivity contribution in [3.8, 4) is 0 Å². The third kappa shape index (κ3) is 6.30. The molecule has 1 saturated carbocycles. The Labute approximate surface area is 101 Å². The average molecular weight is 224 g/mol. The molecule has 0 aromatic carbocycles. The van der Waals surface area contributed by atoms with E-state index in [9.17, 15) is 4.79 Å². The van der Waals surface area contributed by atoms with Crippen LogP contribution in [0.15, 0.2) is 0 Å². The maximum absolute atomic E-state index is 11.7. The maximum atomic E-state index is 11.7. The minimum absolute atomic E-state index is 0.531. The monoisotopic (exact) mass is 224 g/mol. The van der Waals surface area contributed by atoms with Crippen molar-refractivity contribution in [1.82, 2.24) is 0 Å². The lowest BCUT2D eigenvalue weighted by molar-refractivity contribution is -0.120. The van der Waals surface area contributed by atoms with Gasteiger partial charge < -0.3 is 0 Å². The van der Waals surface area contributed by atoms with E-state index in [1.54, 1.807) is 0 Å². The normalized spacial score (nSPS) is 24.3. The van der Waals surface area contributed by atoms with Crippen LogP contribution in [0.25, 0.3) is 0 Å². The molecule has 1 aliphatic rings. The van der Waals surface area contributed by atoms with Gasteiger partial charge in [0.1, 0.15) is 5.78 Å². The van der Waals surface area contributed by atoms with Crippen LogP contribution < -0.4 is 0 Å². The van der Waals surface area contributed by atoms with Crippen molar-refractivity contribution in [2.45, 2.75) is 84.0 Å². The maximum Gasteiger partial charge on any atom is 0.133 e. The van der Waals surface area contributed by atoms with Crippen LogP contribution in [0.1, 0.15) is 84.0 Å². The van der Waals surface area contributed by atoms with Gasteiger partial charge in [-0.25, -0.2) is 0 Å². The molecule has 1 nitrogen and oxygen atoms in total. The first-order valence-corrected chi connectivity index (χ1v) is 7.34. The van der Waals surface area contributed by atoms with E-state index in [0.29, 0.717) is 11.7 Å². The molecule has 0 spiro atoms. The fourth-order valence-corrected chi connectivity index (χ4v) is 2.74. The van der Waals surface area contributed by atoms with E-state index in [1.807, 2.05) is 0 Å². The molecular weight excluding hydrogens is 196 g/mol. The van der Waals surface area contributed by atoms with E-state index in [2.05, 4.69) is 6.92 Å². The standard InChI is InChI=1S/C15H28O/c1-2-3-7-10-14-11-8-5-4-6-9-12-15(16)13-14/h14H,2-13H2,1H3. The molecule has 1 unspecified atom stereocenters. The molecule has 1 rings (SSSR count). The molecule has 0 amide bonds. The molecule has 0 bridgehead atoms. The Morgan fingerprint density at radius 3 is 2.62 bits per heavy atom. The first kappa shape index (κ1) is 13.7. The first-order chi connectivity index (χ1) is 7.83. The van der Waals surface area contributed by atoms with Crippen LogP contribution in [0.2, 0.25) is 0 Å². The summed E-state index contributed by atoms with van der Waals surface area (Å²) in [6.07, 6.45) is 14.8. The van der Waals surface area contributed by atoms with Gasteiger partial charge in [0.25, 0.3) is 0 Å². The van der Waals surface area contributed by atoms with E-state index >= 15 is 0 Å². The van der Waals surface area contributed by atoms with Crippen molar-refractivity contribution in [2.24, 2.45) is 5.92 Å². The van der Waals surface area contributed by atoms with Crippen LogP contribution in [-0.4, -0.2) is 5.78 Å². The molecule has 1 aliphatic carbocycles. The van der Waals surface area contributed by atoms with Gasteiger partial charge >= 0.3 is 0 Å². The first-order valence-electron chi connectivity index (χ1n) is 7.34. The van der Waals surface area contributed by atoms with Crippen LogP contribution in [0.4, 0.5) is 0 Å². The summed E-state index contributed by atoms with van der Waals surface area (Å²) < 4.78 is 0. The zero-order valence-corrected chi connectivity index (χ0v) is 11.0. The smallest absolute Gasteiger partial charge is 0.133 e. The summed E-state index contributed by atoms with van der Waals surface area (Å²) in [5, 5.41) is 0. The second kappa shape index (κ2) is 8.78. The number of carbonyl (C=O) groups excluding carboxylic acids is 1. The Bertz CT molecular complexity index is 184. The Kier molecular flexibility index (Phi) is 7.54. The molecular formula is C15H28O. The Morgan fingerprint density at radius 2 is 1.81 bits per heavy atom. The van der Waals surface area contributed by atoms with Crippen molar-refractivity contribution < 1.29 is 4.79 Å². The highest BCUT2D eigenvalue weighted by atomic mass is 16.1. The number of Topliss-reactive ketones (excluding diaryl/α,β-unsaturated/α-hetero) is 1. The summed E-state index contributed by atoms with van der Waals surface area (Å²) in [4.78, 5) is 11.7. The molecule has 0 radical (unpaired) electrons. The van der Waals surface area contributed by atoms with Gasteiger partial charge in [-0.2, -0.15) is 0 Å². The van der Waals surface area contributed by atoms with Crippen LogP contribution in [0.5, 0.6) is 0 Å². The molecule has 0 saturated heterocycles. The van der Waals surface area contributed by atoms with Crippen LogP contribution in [-0.2, 0) is 4.79 Å². The van der Waals surface area contributed by atoms with E-state index in [0.717, 1.165) is 19.3 Å². The summed E-state index contributed by atoms with van der Waals surface area (Å²) in [7, 11) is 0. The van der Waals surface area contributed by atoms with Crippen molar-refractivity contribution in [1.29, 1.82) is 0 Å². The second-order valence-corrected chi connectivity index (χ2v) is 5.41. The molecule has 0 aromatic heterocycles. The average Bonchev–Trinajstić information content (AvgIpc) is 2.28. The zero-order valence-electron chi connectivity index (χ0n) is 11.0. The van der Waals surface area contributed by atoms with Crippen LogP contribution >= 0.6 is 0 Å². The number of ketones is 1. The van der Waals surface area contributed by atoms with Gasteiger partial charge in [-0.05, 0) is 12.3 Å². The summed E-state index contributed by atoms with van der Waals surface area (Å²) >= 11 is 0. The fraction of sp³-hybridized carbons (Fsp3) is 0.933. The minimum atomic E-state index is 0.531. The van der Waals surface area contributed by atoms with Gasteiger partial charge in [-0.3, -0.25) is 4.79 Å². The Morgan fingerprint density at radius 1 is 1.06 bits per heavy atom. The lowest BCUT2D eigenvalue weighted by Gasteiger charge is -2.17. The van der Waals surface area contributed by atoms with E-state index < -0.39 is 0 Å². The molecule has 1 fully saturated rings. The fourth-order valence-electron chi connectivity index (χ4n) is 2.74. The summed E-state index contributed by atoms with van der Waals surface area (Å²) in [5.74, 6) is 1.24. The summed E-state index contributed by atoms with van der Waals surface area (Å²) in [6.45, 7) is 2.25. The topological polar surface area (TPSA) is 17.1 Å². The second-order valence-electron chi connectivity index (χ2n) is 5.41. The molecule has 0 aromatic rings. The van der Waals surface area contributed by atoms with Gasteiger partial charge in [0.15, 0.2) is 0 Å². The number of rotatable bonds is 4. The highest BCUT2D eigenvalue weighted by Gasteiger charge is 2.14. The molecule has 94 valence electrons. The van der Waals surface area contributed by atoms with Crippen molar-refractivity contribution in [2.75, 3.05) is 0 Å². The van der Waals surface area contributed by atoms with Crippen molar-refractivity contribution in [3.63, 3.8) is 0 Å². The minimum Gasteiger partial charge on any atom is -0.300 e. The van der Waals surface area contributed by atoms with E-state index in [1.165, 1.54) is 57.8 Å². The highest BCUT2D eigenvalue weighted by molar-refractivity contribution is 5.78. The van der Waals surface area contributed by atoms with Gasteiger partial charge in [-0.15, -0.1) is 0 Å². The third-order valence-electron chi connectivity index (χ3n) is 3.80.